The fourth-order valence-electron chi connectivity index (χ4n) is 1.75. The van der Waals surface area contributed by atoms with Crippen LogP contribution in [-0.4, -0.2) is 7.11 Å². The molecule has 0 amide bonds. The van der Waals surface area contributed by atoms with Gasteiger partial charge in [-0.05, 0) is 38.1 Å². The zero-order chi connectivity index (χ0) is 13.9. The Kier molecular flexibility index (Phi) is 4.08. The molecule has 0 aliphatic heterocycles. The number of benzene rings is 2. The predicted octanol–water partition coefficient (Wildman–Crippen LogP) is 3.88. The highest BCUT2D eigenvalue weighted by Gasteiger charge is 2.24. The van der Waals surface area contributed by atoms with Gasteiger partial charge in [0.15, 0.2) is 0 Å². The molecule has 4 heteroatoms. The van der Waals surface area contributed by atoms with Crippen LogP contribution < -0.4 is 10.4 Å². The van der Waals surface area contributed by atoms with Crippen molar-refractivity contribution in [1.82, 2.24) is 0 Å². The lowest BCUT2D eigenvalue weighted by molar-refractivity contribution is 0.408. The van der Waals surface area contributed by atoms with E-state index in [1.807, 2.05) is 62.4 Å². The van der Waals surface area contributed by atoms with Crippen molar-refractivity contribution in [3.8, 4) is 0 Å². The smallest absolute Gasteiger partial charge is 0.314 e. The van der Waals surface area contributed by atoms with Crippen molar-refractivity contribution in [3.05, 3.63) is 59.7 Å². The first-order chi connectivity index (χ1) is 9.03. The van der Waals surface area contributed by atoms with Crippen molar-refractivity contribution in [2.24, 2.45) is 0 Å². The molecule has 100 valence electrons. The molecule has 0 aliphatic rings. The van der Waals surface area contributed by atoms with Crippen LogP contribution in [-0.2, 0) is 9.09 Å². The number of aryl methyl sites for hydroxylation is 2. The molecule has 0 aliphatic carbocycles. The van der Waals surface area contributed by atoms with Gasteiger partial charge in [-0.2, -0.15) is 0 Å². The van der Waals surface area contributed by atoms with E-state index >= 15 is 0 Å². The predicted molar refractivity (Wildman–Crippen MR) is 80.2 cm³/mol. The van der Waals surface area contributed by atoms with Crippen LogP contribution in [0.2, 0.25) is 0 Å². The summed E-state index contributed by atoms with van der Waals surface area (Å²) in [6, 6.07) is 15.3. The van der Waals surface area contributed by atoms with Crippen molar-refractivity contribution in [1.29, 1.82) is 0 Å². The van der Waals surface area contributed by atoms with Crippen LogP contribution in [0.15, 0.2) is 48.5 Å². The summed E-state index contributed by atoms with van der Waals surface area (Å²) in [5, 5.41) is 3.67. The second-order valence-corrected chi connectivity index (χ2v) is 6.76. The Morgan fingerprint density at radius 2 is 1.37 bits per heavy atom. The number of hydrogen-bond donors (Lipinski definition) is 1. The van der Waals surface area contributed by atoms with Crippen LogP contribution in [0.1, 0.15) is 11.1 Å². The molecule has 0 heterocycles. The summed E-state index contributed by atoms with van der Waals surface area (Å²) >= 11 is 0. The molecule has 1 atom stereocenters. The van der Waals surface area contributed by atoms with Gasteiger partial charge in [-0.1, -0.05) is 35.4 Å². The van der Waals surface area contributed by atoms with Gasteiger partial charge in [0.2, 0.25) is 0 Å². The summed E-state index contributed by atoms with van der Waals surface area (Å²) in [6.45, 7) is 4.01. The fourth-order valence-corrected chi connectivity index (χ4v) is 3.22. The van der Waals surface area contributed by atoms with E-state index in [2.05, 4.69) is 5.09 Å². The van der Waals surface area contributed by atoms with Gasteiger partial charge in [0, 0.05) is 12.8 Å². The van der Waals surface area contributed by atoms with Crippen molar-refractivity contribution in [2.75, 3.05) is 12.2 Å². The second kappa shape index (κ2) is 5.60. The molecule has 1 N–H and O–H groups in total. The molecular weight excluding hydrogens is 257 g/mol. The molecular formula is C15H18NO2P. The highest BCUT2D eigenvalue weighted by molar-refractivity contribution is 7.68. The van der Waals surface area contributed by atoms with Crippen molar-refractivity contribution in [2.45, 2.75) is 13.8 Å². The lowest BCUT2D eigenvalue weighted by atomic mass is 10.2. The minimum absolute atomic E-state index is 0.668. The first kappa shape index (κ1) is 13.9. The largest absolute Gasteiger partial charge is 0.323 e. The van der Waals surface area contributed by atoms with Crippen LogP contribution in [0.25, 0.3) is 0 Å². The molecule has 2 aromatic carbocycles. The SMILES string of the molecule is COP(=O)(Nc1ccc(C)cc1)c1ccc(C)cc1. The number of hydrogen-bond acceptors (Lipinski definition) is 2. The molecule has 0 aromatic heterocycles. The maximum atomic E-state index is 12.8. The van der Waals surface area contributed by atoms with Crippen LogP contribution >= 0.6 is 7.52 Å². The lowest BCUT2D eigenvalue weighted by Crippen LogP contribution is -2.13. The lowest BCUT2D eigenvalue weighted by Gasteiger charge is -2.19. The average Bonchev–Trinajstić information content (AvgIpc) is 2.42. The molecule has 0 bridgehead atoms. The third-order valence-electron chi connectivity index (χ3n) is 2.96. The highest BCUT2D eigenvalue weighted by atomic mass is 31.2. The third kappa shape index (κ3) is 3.25. The van der Waals surface area contributed by atoms with E-state index in [-0.39, 0.29) is 0 Å². The van der Waals surface area contributed by atoms with Crippen molar-refractivity contribution >= 4 is 18.5 Å². The van der Waals surface area contributed by atoms with Crippen LogP contribution in [0.3, 0.4) is 0 Å². The van der Waals surface area contributed by atoms with E-state index in [0.29, 0.717) is 5.30 Å². The standard InChI is InChI=1S/C15H18NO2P/c1-12-4-8-14(9-5-12)16-19(17,18-3)15-10-6-13(2)7-11-15/h4-11H,1-3H3,(H,16,17). The van der Waals surface area contributed by atoms with E-state index in [1.54, 1.807) is 0 Å². The molecule has 2 rings (SSSR count). The summed E-state index contributed by atoms with van der Waals surface area (Å²) in [5.74, 6) is 0. The topological polar surface area (TPSA) is 38.3 Å². The first-order valence-electron chi connectivity index (χ1n) is 6.11. The molecule has 0 saturated carbocycles. The van der Waals surface area contributed by atoms with E-state index in [9.17, 15) is 4.57 Å². The number of nitrogens with one attached hydrogen (secondary N) is 1. The van der Waals surface area contributed by atoms with E-state index in [0.717, 1.165) is 16.8 Å². The Labute approximate surface area is 114 Å². The van der Waals surface area contributed by atoms with Gasteiger partial charge >= 0.3 is 7.52 Å². The normalized spacial score (nSPS) is 13.8. The average molecular weight is 275 g/mol. The highest BCUT2D eigenvalue weighted by Crippen LogP contribution is 2.44. The van der Waals surface area contributed by atoms with Crippen LogP contribution in [0, 0.1) is 13.8 Å². The number of anilines is 1. The number of rotatable bonds is 4. The van der Waals surface area contributed by atoms with Gasteiger partial charge in [0.05, 0.1) is 5.30 Å². The zero-order valence-corrected chi connectivity index (χ0v) is 12.3. The zero-order valence-electron chi connectivity index (χ0n) is 11.4. The summed E-state index contributed by atoms with van der Waals surface area (Å²) in [4.78, 5) is 0. The summed E-state index contributed by atoms with van der Waals surface area (Å²) in [6.07, 6.45) is 0. The summed E-state index contributed by atoms with van der Waals surface area (Å²) in [5.41, 5.74) is 3.08. The Bertz CT molecular complexity index is 591. The van der Waals surface area contributed by atoms with E-state index in [4.69, 9.17) is 4.52 Å². The molecule has 0 saturated heterocycles. The van der Waals surface area contributed by atoms with E-state index < -0.39 is 7.52 Å². The van der Waals surface area contributed by atoms with Gasteiger partial charge in [0.1, 0.15) is 0 Å². The quantitative estimate of drug-likeness (QED) is 0.860. The fraction of sp³-hybridized carbons (Fsp3) is 0.200. The summed E-state index contributed by atoms with van der Waals surface area (Å²) < 4.78 is 18.1. The van der Waals surface area contributed by atoms with Gasteiger partial charge in [-0.3, -0.25) is 4.57 Å². The van der Waals surface area contributed by atoms with Gasteiger partial charge < -0.3 is 9.61 Å². The van der Waals surface area contributed by atoms with Crippen LogP contribution in [0.4, 0.5) is 5.69 Å². The Morgan fingerprint density at radius 3 is 1.84 bits per heavy atom. The first-order valence-corrected chi connectivity index (χ1v) is 7.74. The van der Waals surface area contributed by atoms with Gasteiger partial charge in [-0.15, -0.1) is 0 Å². The maximum absolute atomic E-state index is 12.8. The molecule has 0 fully saturated rings. The van der Waals surface area contributed by atoms with Crippen molar-refractivity contribution < 1.29 is 9.09 Å². The van der Waals surface area contributed by atoms with Gasteiger partial charge in [0.25, 0.3) is 0 Å². The Hall–Kier alpha value is -1.57. The molecule has 3 nitrogen and oxygen atoms in total. The second-order valence-electron chi connectivity index (χ2n) is 4.55. The molecule has 19 heavy (non-hydrogen) atoms. The van der Waals surface area contributed by atoms with Crippen molar-refractivity contribution in [3.63, 3.8) is 0 Å². The third-order valence-corrected chi connectivity index (χ3v) is 5.00. The monoisotopic (exact) mass is 275 g/mol. The van der Waals surface area contributed by atoms with Gasteiger partial charge in [-0.25, -0.2) is 0 Å². The molecule has 0 radical (unpaired) electrons. The minimum atomic E-state index is -3.06. The molecule has 1 unspecified atom stereocenters. The van der Waals surface area contributed by atoms with E-state index in [1.165, 1.54) is 7.11 Å². The Morgan fingerprint density at radius 1 is 0.895 bits per heavy atom. The molecule has 2 aromatic rings. The summed E-state index contributed by atoms with van der Waals surface area (Å²) in [7, 11) is -1.60. The maximum Gasteiger partial charge on any atom is 0.323 e. The Balaban J connectivity index is 2.30. The molecule has 0 spiro atoms. The van der Waals surface area contributed by atoms with Crippen LogP contribution in [0.5, 0.6) is 0 Å². The minimum Gasteiger partial charge on any atom is -0.314 e.